The van der Waals surface area contributed by atoms with E-state index in [1.807, 2.05) is 48.5 Å². The Bertz CT molecular complexity index is 508. The number of carbonyl (C=O) groups is 1. The van der Waals surface area contributed by atoms with E-state index in [0.717, 1.165) is 0 Å². The average Bonchev–Trinajstić information content (AvgIpc) is 2.88. The van der Waals surface area contributed by atoms with Gasteiger partial charge in [0.15, 0.2) is 17.9 Å². The van der Waals surface area contributed by atoms with Crippen molar-refractivity contribution in [2.24, 2.45) is 5.41 Å². The van der Waals surface area contributed by atoms with E-state index >= 15 is 0 Å². The molecule has 24 heavy (non-hydrogen) atoms. The third-order valence-electron chi connectivity index (χ3n) is 4.24. The second-order valence-corrected chi connectivity index (χ2v) is 8.56. The summed E-state index contributed by atoms with van der Waals surface area (Å²) in [5, 5.41) is 0. The SMILES string of the molecule is CC1(C)OC2OC(COC(=O)C(C)(C)C)C3OC(C)(C)OC3C2O1. The van der Waals surface area contributed by atoms with Crippen LogP contribution >= 0.6 is 0 Å². The van der Waals surface area contributed by atoms with Crippen molar-refractivity contribution in [2.45, 2.75) is 90.7 Å². The first-order valence-electron chi connectivity index (χ1n) is 8.42. The molecule has 0 aliphatic carbocycles. The zero-order chi connectivity index (χ0) is 17.9. The topological polar surface area (TPSA) is 72.5 Å². The summed E-state index contributed by atoms with van der Waals surface area (Å²) in [5.74, 6) is -1.80. The summed E-state index contributed by atoms with van der Waals surface area (Å²) < 4.78 is 35.2. The fourth-order valence-electron chi connectivity index (χ4n) is 3.20. The van der Waals surface area contributed by atoms with Crippen molar-refractivity contribution in [3.05, 3.63) is 0 Å². The summed E-state index contributed by atoms with van der Waals surface area (Å²) in [4.78, 5) is 12.1. The van der Waals surface area contributed by atoms with Gasteiger partial charge < -0.3 is 28.4 Å². The van der Waals surface area contributed by atoms with E-state index in [4.69, 9.17) is 28.4 Å². The number of fused-ring (bicyclic) bond motifs is 3. The zero-order valence-corrected chi connectivity index (χ0v) is 15.5. The van der Waals surface area contributed by atoms with Crippen molar-refractivity contribution in [1.29, 1.82) is 0 Å². The molecule has 3 heterocycles. The first-order chi connectivity index (χ1) is 10.9. The maximum absolute atomic E-state index is 12.1. The number of hydrogen-bond donors (Lipinski definition) is 0. The molecule has 0 saturated carbocycles. The van der Waals surface area contributed by atoms with Crippen LogP contribution in [0.15, 0.2) is 0 Å². The molecule has 3 saturated heterocycles. The fraction of sp³-hybridized carbons (Fsp3) is 0.941. The van der Waals surface area contributed by atoms with Crippen molar-refractivity contribution >= 4 is 5.97 Å². The summed E-state index contributed by atoms with van der Waals surface area (Å²) in [7, 11) is 0. The molecule has 5 unspecified atom stereocenters. The molecular formula is C17H28O7. The van der Waals surface area contributed by atoms with E-state index in [-0.39, 0.29) is 30.9 Å². The molecular weight excluding hydrogens is 316 g/mol. The number of esters is 1. The Kier molecular flexibility index (Phi) is 4.25. The van der Waals surface area contributed by atoms with E-state index in [0.29, 0.717) is 0 Å². The molecule has 0 aromatic carbocycles. The van der Waals surface area contributed by atoms with Gasteiger partial charge in [-0.05, 0) is 48.5 Å². The predicted molar refractivity (Wildman–Crippen MR) is 82.9 cm³/mol. The molecule has 5 atom stereocenters. The van der Waals surface area contributed by atoms with Crippen molar-refractivity contribution in [3.8, 4) is 0 Å². The second-order valence-electron chi connectivity index (χ2n) is 8.56. The van der Waals surface area contributed by atoms with Crippen LogP contribution in [0.2, 0.25) is 0 Å². The first kappa shape index (κ1) is 18.1. The molecule has 7 heteroatoms. The van der Waals surface area contributed by atoms with Crippen molar-refractivity contribution in [2.75, 3.05) is 6.61 Å². The Morgan fingerprint density at radius 2 is 1.46 bits per heavy atom. The number of carbonyl (C=O) groups excluding carboxylic acids is 1. The van der Waals surface area contributed by atoms with Gasteiger partial charge >= 0.3 is 5.97 Å². The van der Waals surface area contributed by atoms with Crippen LogP contribution < -0.4 is 0 Å². The summed E-state index contributed by atoms with van der Waals surface area (Å²) in [5.41, 5.74) is -0.572. The minimum absolute atomic E-state index is 0.0870. The maximum atomic E-state index is 12.1. The molecule has 138 valence electrons. The molecule has 3 aliphatic heterocycles. The lowest BCUT2D eigenvalue weighted by atomic mass is 9.97. The fourth-order valence-corrected chi connectivity index (χ4v) is 3.20. The van der Waals surface area contributed by atoms with Gasteiger partial charge in [-0.25, -0.2) is 0 Å². The van der Waals surface area contributed by atoms with Gasteiger partial charge in [-0.3, -0.25) is 4.79 Å². The smallest absolute Gasteiger partial charge is 0.311 e. The van der Waals surface area contributed by atoms with E-state index < -0.39 is 29.4 Å². The van der Waals surface area contributed by atoms with E-state index in [9.17, 15) is 4.79 Å². The Balaban J connectivity index is 1.74. The summed E-state index contributed by atoms with van der Waals surface area (Å²) in [6, 6.07) is 0. The minimum atomic E-state index is -0.757. The summed E-state index contributed by atoms with van der Waals surface area (Å²) >= 11 is 0. The third kappa shape index (κ3) is 3.46. The largest absolute Gasteiger partial charge is 0.462 e. The van der Waals surface area contributed by atoms with Gasteiger partial charge in [0.1, 0.15) is 31.0 Å². The second kappa shape index (κ2) is 5.64. The highest BCUT2D eigenvalue weighted by atomic mass is 16.9. The van der Waals surface area contributed by atoms with Gasteiger partial charge in [0.2, 0.25) is 0 Å². The summed E-state index contributed by atoms with van der Waals surface area (Å²) in [6.07, 6.45) is -2.13. The third-order valence-corrected chi connectivity index (χ3v) is 4.24. The normalized spacial score (nSPS) is 40.0. The highest BCUT2D eigenvalue weighted by Gasteiger charge is 2.60. The van der Waals surface area contributed by atoms with Gasteiger partial charge in [0.25, 0.3) is 0 Å². The van der Waals surface area contributed by atoms with Crippen LogP contribution in [-0.2, 0) is 33.2 Å². The molecule has 3 fully saturated rings. The van der Waals surface area contributed by atoms with E-state index in [2.05, 4.69) is 0 Å². The molecule has 7 nitrogen and oxygen atoms in total. The Hall–Kier alpha value is -0.730. The molecule has 0 aromatic heterocycles. The quantitative estimate of drug-likeness (QED) is 0.709. The molecule has 0 aromatic rings. The van der Waals surface area contributed by atoms with E-state index in [1.54, 1.807) is 0 Å². The van der Waals surface area contributed by atoms with Gasteiger partial charge in [0.05, 0.1) is 5.41 Å². The number of rotatable bonds is 2. The van der Waals surface area contributed by atoms with Crippen LogP contribution in [0.3, 0.4) is 0 Å². The van der Waals surface area contributed by atoms with Gasteiger partial charge in [-0.1, -0.05) is 0 Å². The van der Waals surface area contributed by atoms with Crippen molar-refractivity contribution in [3.63, 3.8) is 0 Å². The Labute approximate surface area is 142 Å². The average molecular weight is 344 g/mol. The van der Waals surface area contributed by atoms with E-state index in [1.165, 1.54) is 0 Å². The van der Waals surface area contributed by atoms with Crippen LogP contribution in [0, 0.1) is 5.41 Å². The predicted octanol–water partition coefficient (Wildman–Crippen LogP) is 1.97. The zero-order valence-electron chi connectivity index (χ0n) is 15.5. The van der Waals surface area contributed by atoms with Gasteiger partial charge in [-0.15, -0.1) is 0 Å². The monoisotopic (exact) mass is 344 g/mol. The maximum Gasteiger partial charge on any atom is 0.311 e. The standard InChI is InChI=1S/C17H28O7/c1-15(2,3)14(18)19-8-9-10-11(22-16(4,5)21-10)12-13(20-9)24-17(6,7)23-12/h9-13H,8H2,1-7H3. The van der Waals surface area contributed by atoms with Crippen molar-refractivity contribution in [1.82, 2.24) is 0 Å². The first-order valence-corrected chi connectivity index (χ1v) is 8.42. The molecule has 0 radical (unpaired) electrons. The lowest BCUT2D eigenvalue weighted by Gasteiger charge is -2.37. The van der Waals surface area contributed by atoms with Crippen LogP contribution in [0.5, 0.6) is 0 Å². The number of hydrogen-bond acceptors (Lipinski definition) is 7. The molecule has 0 N–H and O–H groups in total. The van der Waals surface area contributed by atoms with Crippen LogP contribution in [0.1, 0.15) is 48.5 Å². The highest BCUT2D eigenvalue weighted by Crippen LogP contribution is 2.44. The molecule has 3 aliphatic rings. The Morgan fingerprint density at radius 3 is 2.08 bits per heavy atom. The molecule has 0 amide bonds. The lowest BCUT2D eigenvalue weighted by Crippen LogP contribution is -2.56. The molecule has 3 rings (SSSR count). The number of ether oxygens (including phenoxy) is 6. The van der Waals surface area contributed by atoms with Gasteiger partial charge in [-0.2, -0.15) is 0 Å². The lowest BCUT2D eigenvalue weighted by molar-refractivity contribution is -0.243. The molecule has 0 spiro atoms. The minimum Gasteiger partial charge on any atom is -0.462 e. The van der Waals surface area contributed by atoms with Crippen LogP contribution in [-0.4, -0.2) is 54.9 Å². The molecule has 0 bridgehead atoms. The Morgan fingerprint density at radius 1 is 0.917 bits per heavy atom. The van der Waals surface area contributed by atoms with Crippen LogP contribution in [0.25, 0.3) is 0 Å². The van der Waals surface area contributed by atoms with Crippen LogP contribution in [0.4, 0.5) is 0 Å². The summed E-state index contributed by atoms with van der Waals surface area (Å²) in [6.45, 7) is 12.9. The van der Waals surface area contributed by atoms with Gasteiger partial charge in [0, 0.05) is 0 Å². The van der Waals surface area contributed by atoms with Crippen molar-refractivity contribution < 1.29 is 33.2 Å². The highest BCUT2D eigenvalue weighted by molar-refractivity contribution is 5.75.